The van der Waals surface area contributed by atoms with Gasteiger partial charge in [0.1, 0.15) is 5.76 Å². The van der Waals surface area contributed by atoms with Crippen LogP contribution in [-0.2, 0) is 9.59 Å². The number of nitrogens with one attached hydrogen (secondary N) is 2. The Kier molecular flexibility index (Phi) is 8.50. The van der Waals surface area contributed by atoms with Crippen LogP contribution in [0.25, 0.3) is 0 Å². The summed E-state index contributed by atoms with van der Waals surface area (Å²) in [7, 11) is 0. The molecule has 0 bridgehead atoms. The highest BCUT2D eigenvalue weighted by Crippen LogP contribution is 2.14. The Morgan fingerprint density at radius 1 is 1.50 bits per heavy atom. The fourth-order valence-electron chi connectivity index (χ4n) is 1.31. The summed E-state index contributed by atoms with van der Waals surface area (Å²) in [6, 6.07) is 1.63. The largest absolute Gasteiger partial charge is 0.360 e. The highest BCUT2D eigenvalue weighted by molar-refractivity contribution is 8.01. The Morgan fingerprint density at radius 3 is 2.64 bits per heavy atom. The van der Waals surface area contributed by atoms with E-state index in [0.29, 0.717) is 18.1 Å². The molecule has 1 unspecified atom stereocenters. The molecule has 0 radical (unpaired) electrons. The van der Waals surface area contributed by atoms with E-state index in [1.165, 1.54) is 11.8 Å². The van der Waals surface area contributed by atoms with E-state index in [0.717, 1.165) is 0 Å². The standard InChI is InChI=1S/C13H22N4O3S.ClH/c1-8-5-10(17-20-8)16-12(19)9(2)21-6-11(18)15-7-13(3,4)14;/h5,9H,6-7,14H2,1-4H3,(H,15,18)(H,16,17,19);1H. The number of aromatic nitrogens is 1. The van der Waals surface area contributed by atoms with E-state index in [1.807, 2.05) is 13.8 Å². The Hall–Kier alpha value is -1.25. The van der Waals surface area contributed by atoms with Crippen molar-refractivity contribution in [2.75, 3.05) is 17.6 Å². The van der Waals surface area contributed by atoms with E-state index < -0.39 is 5.54 Å². The van der Waals surface area contributed by atoms with Crippen molar-refractivity contribution in [1.29, 1.82) is 0 Å². The summed E-state index contributed by atoms with van der Waals surface area (Å²) in [6.45, 7) is 7.52. The lowest BCUT2D eigenvalue weighted by Gasteiger charge is -2.19. The third-order valence-corrected chi connectivity index (χ3v) is 3.60. The monoisotopic (exact) mass is 350 g/mol. The predicted octanol–water partition coefficient (Wildman–Crippen LogP) is 1.32. The van der Waals surface area contributed by atoms with Gasteiger partial charge < -0.3 is 20.9 Å². The smallest absolute Gasteiger partial charge is 0.238 e. The molecule has 0 saturated heterocycles. The third-order valence-electron chi connectivity index (χ3n) is 2.45. The second kappa shape index (κ2) is 9.02. The maximum Gasteiger partial charge on any atom is 0.238 e. The van der Waals surface area contributed by atoms with Crippen LogP contribution in [0.1, 0.15) is 26.5 Å². The number of thioether (sulfide) groups is 1. The van der Waals surface area contributed by atoms with Gasteiger partial charge in [-0.25, -0.2) is 0 Å². The second-order valence-corrected chi connectivity index (χ2v) is 6.86. The van der Waals surface area contributed by atoms with Gasteiger partial charge in [-0.3, -0.25) is 9.59 Å². The molecule has 0 fully saturated rings. The van der Waals surface area contributed by atoms with E-state index >= 15 is 0 Å². The molecule has 4 N–H and O–H groups in total. The molecule has 1 aromatic heterocycles. The topological polar surface area (TPSA) is 110 Å². The number of nitrogens with zero attached hydrogens (tertiary/aromatic N) is 1. The lowest BCUT2D eigenvalue weighted by Crippen LogP contribution is -2.45. The molecule has 0 aliphatic rings. The summed E-state index contributed by atoms with van der Waals surface area (Å²) in [6.07, 6.45) is 0. The highest BCUT2D eigenvalue weighted by Gasteiger charge is 2.18. The fourth-order valence-corrected chi connectivity index (χ4v) is 2.02. The summed E-state index contributed by atoms with van der Waals surface area (Å²) in [5.41, 5.74) is 5.32. The summed E-state index contributed by atoms with van der Waals surface area (Å²) in [4.78, 5) is 23.5. The molecule has 9 heteroatoms. The first-order valence-electron chi connectivity index (χ1n) is 6.59. The molecule has 22 heavy (non-hydrogen) atoms. The number of halogens is 1. The number of hydrogen-bond acceptors (Lipinski definition) is 6. The van der Waals surface area contributed by atoms with Crippen LogP contribution >= 0.6 is 24.2 Å². The average molecular weight is 351 g/mol. The molecule has 126 valence electrons. The van der Waals surface area contributed by atoms with Gasteiger partial charge in [0.15, 0.2) is 5.82 Å². The average Bonchev–Trinajstić information content (AvgIpc) is 2.78. The minimum Gasteiger partial charge on any atom is -0.360 e. The lowest BCUT2D eigenvalue weighted by atomic mass is 10.1. The van der Waals surface area contributed by atoms with Crippen molar-refractivity contribution in [1.82, 2.24) is 10.5 Å². The molecule has 0 spiro atoms. The van der Waals surface area contributed by atoms with Gasteiger partial charge in [-0.2, -0.15) is 0 Å². The van der Waals surface area contributed by atoms with Crippen LogP contribution in [0.4, 0.5) is 5.82 Å². The number of carbonyl (C=O) groups is 2. The molecule has 2 amide bonds. The van der Waals surface area contributed by atoms with E-state index in [4.69, 9.17) is 10.3 Å². The summed E-state index contributed by atoms with van der Waals surface area (Å²) >= 11 is 1.25. The van der Waals surface area contributed by atoms with Gasteiger partial charge >= 0.3 is 0 Å². The summed E-state index contributed by atoms with van der Waals surface area (Å²) in [5.74, 6) is 0.826. The molecule has 0 saturated carbocycles. The quantitative estimate of drug-likeness (QED) is 0.684. The SMILES string of the molecule is Cc1cc(NC(=O)C(C)SCC(=O)NCC(C)(C)N)no1.Cl. The van der Waals surface area contributed by atoms with Crippen molar-refractivity contribution in [2.45, 2.75) is 38.5 Å². The number of carbonyl (C=O) groups excluding carboxylic acids is 2. The van der Waals surface area contributed by atoms with Crippen molar-refractivity contribution in [3.05, 3.63) is 11.8 Å². The molecular weight excluding hydrogens is 328 g/mol. The lowest BCUT2D eigenvalue weighted by molar-refractivity contribution is -0.118. The van der Waals surface area contributed by atoms with Gasteiger partial charge in [-0.1, -0.05) is 5.16 Å². The van der Waals surface area contributed by atoms with Crippen LogP contribution in [0.3, 0.4) is 0 Å². The number of amides is 2. The zero-order valence-electron chi connectivity index (χ0n) is 13.1. The van der Waals surface area contributed by atoms with Crippen LogP contribution in [0.2, 0.25) is 0 Å². The zero-order chi connectivity index (χ0) is 16.0. The van der Waals surface area contributed by atoms with Gasteiger partial charge in [-0.05, 0) is 27.7 Å². The van der Waals surface area contributed by atoms with Crippen LogP contribution in [0.15, 0.2) is 10.6 Å². The van der Waals surface area contributed by atoms with Crippen LogP contribution in [0, 0.1) is 6.92 Å². The van der Waals surface area contributed by atoms with Gasteiger partial charge in [0.05, 0.1) is 11.0 Å². The molecule has 7 nitrogen and oxygen atoms in total. The minimum atomic E-state index is -0.450. The van der Waals surface area contributed by atoms with Gasteiger partial charge in [-0.15, -0.1) is 24.2 Å². The van der Waals surface area contributed by atoms with Crippen molar-refractivity contribution in [2.24, 2.45) is 5.73 Å². The normalized spacial score (nSPS) is 12.2. The van der Waals surface area contributed by atoms with Gasteiger partial charge in [0, 0.05) is 18.2 Å². The Balaban J connectivity index is 0.00000441. The van der Waals surface area contributed by atoms with Crippen molar-refractivity contribution in [3.63, 3.8) is 0 Å². The maximum absolute atomic E-state index is 11.9. The molecule has 1 rings (SSSR count). The Bertz CT molecular complexity index is 502. The van der Waals surface area contributed by atoms with Crippen LogP contribution in [-0.4, -0.2) is 40.1 Å². The van der Waals surface area contributed by atoms with E-state index in [2.05, 4.69) is 15.8 Å². The van der Waals surface area contributed by atoms with E-state index in [9.17, 15) is 9.59 Å². The van der Waals surface area contributed by atoms with Gasteiger partial charge in [0.25, 0.3) is 0 Å². The zero-order valence-corrected chi connectivity index (χ0v) is 14.8. The molecule has 0 aliphatic heterocycles. The second-order valence-electron chi connectivity index (χ2n) is 5.53. The molecule has 1 aromatic rings. The first kappa shape index (κ1) is 20.8. The maximum atomic E-state index is 11.9. The number of aryl methyl sites for hydroxylation is 1. The van der Waals surface area contributed by atoms with E-state index in [-0.39, 0.29) is 35.2 Å². The highest BCUT2D eigenvalue weighted by atomic mass is 35.5. The van der Waals surface area contributed by atoms with Crippen molar-refractivity contribution in [3.8, 4) is 0 Å². The van der Waals surface area contributed by atoms with Crippen molar-refractivity contribution >= 4 is 41.8 Å². The van der Waals surface area contributed by atoms with E-state index in [1.54, 1.807) is 19.9 Å². The molecule has 0 aliphatic carbocycles. The molecule has 1 atom stereocenters. The van der Waals surface area contributed by atoms with Crippen LogP contribution < -0.4 is 16.4 Å². The summed E-state index contributed by atoms with van der Waals surface area (Å²) in [5, 5.41) is 8.66. The number of rotatable bonds is 7. The number of anilines is 1. The molecule has 1 heterocycles. The number of hydrogen-bond donors (Lipinski definition) is 3. The first-order valence-corrected chi connectivity index (χ1v) is 7.63. The number of nitrogens with two attached hydrogens (primary N) is 1. The summed E-state index contributed by atoms with van der Waals surface area (Å²) < 4.78 is 4.86. The van der Waals surface area contributed by atoms with Crippen molar-refractivity contribution < 1.29 is 14.1 Å². The fraction of sp³-hybridized carbons (Fsp3) is 0.615. The van der Waals surface area contributed by atoms with Crippen LogP contribution in [0.5, 0.6) is 0 Å². The molecule has 0 aromatic carbocycles. The first-order chi connectivity index (χ1) is 9.67. The predicted molar refractivity (Wildman–Crippen MR) is 90.3 cm³/mol. The Morgan fingerprint density at radius 2 is 2.14 bits per heavy atom. The molecular formula is C13H23ClN4O3S. The Labute approximate surface area is 140 Å². The third kappa shape index (κ3) is 8.26. The van der Waals surface area contributed by atoms with Gasteiger partial charge in [0.2, 0.25) is 11.8 Å². The minimum absolute atomic E-state index is 0.